The molecule has 1 fully saturated rings. The van der Waals surface area contributed by atoms with Crippen LogP contribution in [0.25, 0.3) is 17.0 Å². The van der Waals surface area contributed by atoms with Gasteiger partial charge in [-0.15, -0.1) is 0 Å². The Labute approximate surface area is 186 Å². The van der Waals surface area contributed by atoms with E-state index in [0.29, 0.717) is 29.0 Å². The first kappa shape index (κ1) is 20.7. The minimum atomic E-state index is -2.88. The van der Waals surface area contributed by atoms with Crippen molar-refractivity contribution >= 4 is 23.7 Å². The lowest BCUT2D eigenvalue weighted by molar-refractivity contribution is -0.121. The monoisotopic (exact) mass is 452 g/mol. The van der Waals surface area contributed by atoms with E-state index < -0.39 is 12.0 Å². The average Bonchev–Trinajstić information content (AvgIpc) is 3.16. The van der Waals surface area contributed by atoms with Gasteiger partial charge in [0.15, 0.2) is 0 Å². The highest BCUT2D eigenvalue weighted by atomic mass is 19.3. The fourth-order valence-electron chi connectivity index (χ4n) is 3.55. The SMILES string of the molecule is Cc1ccc(-c2noc(CN(C=O)C3CC3(F)F)n2)cc1NC(=O)c1cnc2ccccn12. The van der Waals surface area contributed by atoms with E-state index in [0.717, 1.165) is 10.5 Å². The summed E-state index contributed by atoms with van der Waals surface area (Å²) in [5, 5.41) is 6.76. The molecule has 1 aliphatic rings. The summed E-state index contributed by atoms with van der Waals surface area (Å²) in [6.45, 7) is 1.63. The minimum Gasteiger partial charge on any atom is -0.337 e. The third-order valence-corrected chi connectivity index (χ3v) is 5.51. The number of carbonyl (C=O) groups excluding carboxylic acids is 2. The summed E-state index contributed by atoms with van der Waals surface area (Å²) in [7, 11) is 0. The number of nitrogens with one attached hydrogen (secondary N) is 1. The molecule has 0 bridgehead atoms. The van der Waals surface area contributed by atoms with Crippen molar-refractivity contribution in [2.45, 2.75) is 31.9 Å². The first-order valence-electron chi connectivity index (χ1n) is 10.1. The van der Waals surface area contributed by atoms with E-state index in [4.69, 9.17) is 4.52 Å². The molecule has 3 aromatic heterocycles. The van der Waals surface area contributed by atoms with Crippen LogP contribution in [0, 0.1) is 6.92 Å². The van der Waals surface area contributed by atoms with Crippen molar-refractivity contribution in [2.24, 2.45) is 0 Å². The highest BCUT2D eigenvalue weighted by molar-refractivity contribution is 6.04. The number of amides is 2. The van der Waals surface area contributed by atoms with Crippen LogP contribution in [0.5, 0.6) is 0 Å². The number of hydrogen-bond donors (Lipinski definition) is 1. The molecule has 0 aliphatic heterocycles. The lowest BCUT2D eigenvalue weighted by Gasteiger charge is -2.13. The van der Waals surface area contributed by atoms with E-state index in [2.05, 4.69) is 20.4 Å². The fourth-order valence-corrected chi connectivity index (χ4v) is 3.55. The van der Waals surface area contributed by atoms with Crippen molar-refractivity contribution in [1.29, 1.82) is 0 Å². The van der Waals surface area contributed by atoms with E-state index in [1.165, 1.54) is 6.20 Å². The molecule has 1 aliphatic carbocycles. The number of aromatic nitrogens is 4. The number of fused-ring (bicyclic) bond motifs is 1. The van der Waals surface area contributed by atoms with Crippen molar-refractivity contribution in [3.8, 4) is 11.4 Å². The molecule has 0 spiro atoms. The van der Waals surface area contributed by atoms with Gasteiger partial charge in [0.25, 0.3) is 11.8 Å². The van der Waals surface area contributed by atoms with Gasteiger partial charge in [-0.3, -0.25) is 14.0 Å². The Kier molecular flexibility index (Phi) is 4.88. The maximum Gasteiger partial charge on any atom is 0.274 e. The Hall–Kier alpha value is -4.15. The summed E-state index contributed by atoms with van der Waals surface area (Å²) in [5.74, 6) is -2.97. The Morgan fingerprint density at radius 3 is 2.94 bits per heavy atom. The first-order chi connectivity index (χ1) is 15.9. The highest BCUT2D eigenvalue weighted by Crippen LogP contribution is 2.45. The molecular weight excluding hydrogens is 434 g/mol. The van der Waals surface area contributed by atoms with Gasteiger partial charge in [0.2, 0.25) is 18.1 Å². The summed E-state index contributed by atoms with van der Waals surface area (Å²) < 4.78 is 33.4. The van der Waals surface area contributed by atoms with Gasteiger partial charge in [-0.05, 0) is 30.7 Å². The molecule has 0 saturated heterocycles. The average molecular weight is 452 g/mol. The minimum absolute atomic E-state index is 0.0386. The van der Waals surface area contributed by atoms with Gasteiger partial charge < -0.3 is 14.7 Å². The molecular formula is C22H18F2N6O3. The molecule has 5 rings (SSSR count). The van der Waals surface area contributed by atoms with Crippen LogP contribution in [0.4, 0.5) is 14.5 Å². The van der Waals surface area contributed by atoms with Gasteiger partial charge in [0.1, 0.15) is 23.9 Å². The number of aryl methyl sites for hydroxylation is 1. The second-order valence-corrected chi connectivity index (χ2v) is 7.83. The van der Waals surface area contributed by atoms with Crippen LogP contribution in [0.1, 0.15) is 28.4 Å². The van der Waals surface area contributed by atoms with Gasteiger partial charge in [-0.2, -0.15) is 4.98 Å². The second kappa shape index (κ2) is 7.76. The van der Waals surface area contributed by atoms with Crippen molar-refractivity contribution in [3.05, 3.63) is 65.9 Å². The summed E-state index contributed by atoms with van der Waals surface area (Å²) in [6.07, 6.45) is 3.23. The standard InChI is InChI=1S/C22H18F2N6O3/c1-13-5-6-14(20-27-19(33-28-20)11-29(12-31)17-9-22(17,23)24)8-15(13)26-21(32)16-10-25-18-4-2-3-7-30(16)18/h2-8,10,12,17H,9,11H2,1H3,(H,26,32). The number of alkyl halides is 2. The van der Waals surface area contributed by atoms with Crippen LogP contribution < -0.4 is 5.32 Å². The summed E-state index contributed by atoms with van der Waals surface area (Å²) >= 11 is 0. The van der Waals surface area contributed by atoms with E-state index in [-0.39, 0.29) is 30.6 Å². The van der Waals surface area contributed by atoms with E-state index >= 15 is 0 Å². The summed E-state index contributed by atoms with van der Waals surface area (Å²) in [4.78, 5) is 33.4. The van der Waals surface area contributed by atoms with Gasteiger partial charge in [-0.1, -0.05) is 23.4 Å². The first-order valence-corrected chi connectivity index (χ1v) is 10.1. The Morgan fingerprint density at radius 1 is 1.36 bits per heavy atom. The second-order valence-electron chi connectivity index (χ2n) is 7.83. The van der Waals surface area contributed by atoms with E-state index in [1.54, 1.807) is 40.9 Å². The maximum absolute atomic E-state index is 13.3. The number of pyridine rings is 1. The van der Waals surface area contributed by atoms with Crippen LogP contribution >= 0.6 is 0 Å². The number of benzene rings is 1. The molecule has 9 nitrogen and oxygen atoms in total. The Balaban J connectivity index is 1.35. The van der Waals surface area contributed by atoms with Gasteiger partial charge in [0, 0.05) is 23.9 Å². The molecule has 1 unspecified atom stereocenters. The number of imidazole rings is 1. The molecule has 3 heterocycles. The van der Waals surface area contributed by atoms with Crippen LogP contribution in [0.15, 0.2) is 53.3 Å². The maximum atomic E-state index is 13.3. The topological polar surface area (TPSA) is 106 Å². The van der Waals surface area contributed by atoms with Crippen LogP contribution in [-0.2, 0) is 11.3 Å². The van der Waals surface area contributed by atoms with Gasteiger partial charge in [0.05, 0.1) is 6.20 Å². The van der Waals surface area contributed by atoms with Crippen molar-refractivity contribution < 1.29 is 22.9 Å². The zero-order valence-electron chi connectivity index (χ0n) is 17.4. The Morgan fingerprint density at radius 2 is 2.18 bits per heavy atom. The summed E-state index contributed by atoms with van der Waals surface area (Å²) in [6, 6.07) is 9.52. The zero-order chi connectivity index (χ0) is 23.2. The van der Waals surface area contributed by atoms with E-state index in [1.807, 2.05) is 13.0 Å². The van der Waals surface area contributed by atoms with E-state index in [9.17, 15) is 18.4 Å². The van der Waals surface area contributed by atoms with Crippen molar-refractivity contribution in [2.75, 3.05) is 5.32 Å². The molecule has 1 saturated carbocycles. The number of anilines is 1. The zero-order valence-corrected chi connectivity index (χ0v) is 17.4. The number of nitrogens with zero attached hydrogens (tertiary/aromatic N) is 5. The largest absolute Gasteiger partial charge is 0.337 e. The molecule has 11 heteroatoms. The third-order valence-electron chi connectivity index (χ3n) is 5.51. The normalized spacial score (nSPS) is 16.5. The molecule has 0 radical (unpaired) electrons. The predicted molar refractivity (Wildman–Crippen MR) is 113 cm³/mol. The molecule has 168 valence electrons. The van der Waals surface area contributed by atoms with Crippen LogP contribution in [0.2, 0.25) is 0 Å². The van der Waals surface area contributed by atoms with Crippen molar-refractivity contribution in [3.63, 3.8) is 0 Å². The predicted octanol–water partition coefficient (Wildman–Crippen LogP) is 3.31. The Bertz CT molecular complexity index is 1370. The highest BCUT2D eigenvalue weighted by Gasteiger charge is 2.60. The van der Waals surface area contributed by atoms with Crippen LogP contribution in [0.3, 0.4) is 0 Å². The number of hydrogen-bond acceptors (Lipinski definition) is 6. The number of rotatable bonds is 7. The number of halogens is 2. The number of carbonyl (C=O) groups is 2. The smallest absolute Gasteiger partial charge is 0.274 e. The lowest BCUT2D eigenvalue weighted by atomic mass is 10.1. The quantitative estimate of drug-likeness (QED) is 0.432. The molecule has 2 amide bonds. The molecule has 1 atom stereocenters. The molecule has 4 aromatic rings. The van der Waals surface area contributed by atoms with Gasteiger partial charge >= 0.3 is 0 Å². The van der Waals surface area contributed by atoms with Crippen LogP contribution in [-0.4, -0.2) is 48.7 Å². The summed E-state index contributed by atoms with van der Waals surface area (Å²) in [5.41, 5.74) is 2.94. The lowest BCUT2D eigenvalue weighted by Crippen LogP contribution is -2.27. The third kappa shape index (κ3) is 3.93. The molecule has 1 N–H and O–H groups in total. The molecule has 33 heavy (non-hydrogen) atoms. The molecule has 1 aromatic carbocycles. The fraction of sp³-hybridized carbons (Fsp3) is 0.227. The van der Waals surface area contributed by atoms with Crippen molar-refractivity contribution in [1.82, 2.24) is 24.4 Å². The van der Waals surface area contributed by atoms with Gasteiger partial charge in [-0.25, -0.2) is 13.8 Å².